The molecule has 1 unspecified atom stereocenters. The number of fused-ring (bicyclic) bond motifs is 1. The zero-order valence-corrected chi connectivity index (χ0v) is 10.8. The Bertz CT molecular complexity index is 531. The molecule has 0 aromatic heterocycles. The van der Waals surface area contributed by atoms with Gasteiger partial charge in [-0.3, -0.25) is 0 Å². The maximum atomic E-state index is 3.53. The lowest BCUT2D eigenvalue weighted by atomic mass is 9.84. The molecule has 0 saturated carbocycles. The summed E-state index contributed by atoms with van der Waals surface area (Å²) >= 11 is 0. The second-order valence-electron chi connectivity index (χ2n) is 5.08. The molecular formula is C17H19N. The fraction of sp³-hybridized carbons (Fsp3) is 0.294. The van der Waals surface area contributed by atoms with Crippen molar-refractivity contribution in [1.29, 1.82) is 0 Å². The van der Waals surface area contributed by atoms with Crippen LogP contribution in [0.25, 0.3) is 0 Å². The van der Waals surface area contributed by atoms with Crippen LogP contribution in [-0.2, 0) is 6.54 Å². The van der Waals surface area contributed by atoms with Gasteiger partial charge in [0.2, 0.25) is 0 Å². The lowest BCUT2D eigenvalue weighted by molar-refractivity contribution is 0.646. The molecule has 1 N–H and O–H groups in total. The Balaban J connectivity index is 2.12. The predicted molar refractivity (Wildman–Crippen MR) is 75.8 cm³/mol. The summed E-state index contributed by atoms with van der Waals surface area (Å²) in [6.45, 7) is 4.33. The van der Waals surface area contributed by atoms with Crippen molar-refractivity contribution in [1.82, 2.24) is 5.32 Å². The van der Waals surface area contributed by atoms with E-state index in [9.17, 15) is 0 Å². The third-order valence-electron chi connectivity index (χ3n) is 3.89. The van der Waals surface area contributed by atoms with Crippen LogP contribution < -0.4 is 5.32 Å². The van der Waals surface area contributed by atoms with Crippen LogP contribution in [0.1, 0.15) is 34.6 Å². The minimum atomic E-state index is 0.539. The Kier molecular flexibility index (Phi) is 3.16. The van der Waals surface area contributed by atoms with Crippen molar-refractivity contribution in [3.63, 3.8) is 0 Å². The Morgan fingerprint density at radius 1 is 1.00 bits per heavy atom. The highest BCUT2D eigenvalue weighted by Gasteiger charge is 2.21. The van der Waals surface area contributed by atoms with Crippen molar-refractivity contribution in [2.75, 3.05) is 6.54 Å². The summed E-state index contributed by atoms with van der Waals surface area (Å²) in [6.07, 6.45) is 1.18. The Labute approximate surface area is 109 Å². The van der Waals surface area contributed by atoms with E-state index in [0.29, 0.717) is 5.92 Å². The van der Waals surface area contributed by atoms with Gasteiger partial charge in [-0.25, -0.2) is 0 Å². The second kappa shape index (κ2) is 4.95. The molecule has 1 heteroatoms. The third kappa shape index (κ3) is 2.06. The molecule has 1 aliphatic rings. The van der Waals surface area contributed by atoms with Crippen LogP contribution in [0, 0.1) is 6.92 Å². The SMILES string of the molecule is Cc1cccc2c1C(c1ccccc1)CCNC2. The summed E-state index contributed by atoms with van der Waals surface area (Å²) in [5.41, 5.74) is 5.86. The highest BCUT2D eigenvalue weighted by atomic mass is 14.9. The van der Waals surface area contributed by atoms with Gasteiger partial charge >= 0.3 is 0 Å². The Morgan fingerprint density at radius 2 is 1.83 bits per heavy atom. The third-order valence-corrected chi connectivity index (χ3v) is 3.89. The van der Waals surface area contributed by atoms with Crippen molar-refractivity contribution in [3.8, 4) is 0 Å². The number of aryl methyl sites for hydroxylation is 1. The van der Waals surface area contributed by atoms with Gasteiger partial charge < -0.3 is 5.32 Å². The standard InChI is InChI=1S/C17H19N/c1-13-6-5-9-15-12-18-11-10-16(17(13)15)14-7-3-2-4-8-14/h2-9,16,18H,10-12H2,1H3. The normalized spacial score (nSPS) is 19.1. The smallest absolute Gasteiger partial charge is 0.0208 e. The number of hydrogen-bond donors (Lipinski definition) is 1. The van der Waals surface area contributed by atoms with E-state index in [0.717, 1.165) is 13.1 Å². The molecule has 0 spiro atoms. The van der Waals surface area contributed by atoms with Crippen LogP contribution in [0.4, 0.5) is 0 Å². The molecule has 0 bridgehead atoms. The number of hydrogen-bond acceptors (Lipinski definition) is 1. The fourth-order valence-electron chi connectivity index (χ4n) is 3.03. The van der Waals surface area contributed by atoms with Crippen LogP contribution in [0.2, 0.25) is 0 Å². The first-order chi connectivity index (χ1) is 8.86. The van der Waals surface area contributed by atoms with Gasteiger partial charge in [0.25, 0.3) is 0 Å². The highest BCUT2D eigenvalue weighted by Crippen LogP contribution is 2.34. The number of rotatable bonds is 1. The molecule has 0 aliphatic carbocycles. The molecule has 1 nitrogen and oxygen atoms in total. The minimum Gasteiger partial charge on any atom is -0.313 e. The second-order valence-corrected chi connectivity index (χ2v) is 5.08. The summed E-state index contributed by atoms with van der Waals surface area (Å²) in [6, 6.07) is 17.6. The molecule has 0 amide bonds. The van der Waals surface area contributed by atoms with E-state index >= 15 is 0 Å². The van der Waals surface area contributed by atoms with E-state index in [-0.39, 0.29) is 0 Å². The molecule has 1 atom stereocenters. The van der Waals surface area contributed by atoms with Gasteiger partial charge in [-0.05, 0) is 42.1 Å². The quantitative estimate of drug-likeness (QED) is 0.798. The van der Waals surface area contributed by atoms with Gasteiger partial charge in [0, 0.05) is 12.5 Å². The van der Waals surface area contributed by atoms with Gasteiger partial charge in [0.05, 0.1) is 0 Å². The lowest BCUT2D eigenvalue weighted by Crippen LogP contribution is -2.12. The molecular weight excluding hydrogens is 218 g/mol. The summed E-state index contributed by atoms with van der Waals surface area (Å²) in [7, 11) is 0. The van der Waals surface area contributed by atoms with Crippen molar-refractivity contribution >= 4 is 0 Å². The van der Waals surface area contributed by atoms with Crippen LogP contribution in [0.3, 0.4) is 0 Å². The first-order valence-electron chi connectivity index (χ1n) is 6.70. The van der Waals surface area contributed by atoms with Gasteiger partial charge in [0.1, 0.15) is 0 Å². The zero-order valence-electron chi connectivity index (χ0n) is 10.8. The summed E-state index contributed by atoms with van der Waals surface area (Å²) in [5, 5.41) is 3.53. The molecule has 1 heterocycles. The Hall–Kier alpha value is -1.60. The minimum absolute atomic E-state index is 0.539. The molecule has 92 valence electrons. The molecule has 0 fully saturated rings. The number of benzene rings is 2. The van der Waals surface area contributed by atoms with Crippen LogP contribution in [0.15, 0.2) is 48.5 Å². The monoisotopic (exact) mass is 237 g/mol. The maximum Gasteiger partial charge on any atom is 0.0208 e. The van der Waals surface area contributed by atoms with Crippen molar-refractivity contribution < 1.29 is 0 Å². The molecule has 1 aliphatic heterocycles. The Morgan fingerprint density at radius 3 is 2.67 bits per heavy atom. The molecule has 3 rings (SSSR count). The maximum absolute atomic E-state index is 3.53. The highest BCUT2D eigenvalue weighted by molar-refractivity contribution is 5.43. The van der Waals surface area contributed by atoms with Crippen LogP contribution >= 0.6 is 0 Å². The lowest BCUT2D eigenvalue weighted by Gasteiger charge is -2.20. The summed E-state index contributed by atoms with van der Waals surface area (Å²) < 4.78 is 0. The zero-order chi connectivity index (χ0) is 12.4. The summed E-state index contributed by atoms with van der Waals surface area (Å²) in [5.74, 6) is 0.539. The molecule has 2 aromatic carbocycles. The van der Waals surface area contributed by atoms with Crippen molar-refractivity contribution in [2.24, 2.45) is 0 Å². The number of nitrogens with one attached hydrogen (secondary N) is 1. The van der Waals surface area contributed by atoms with E-state index in [2.05, 4.69) is 60.8 Å². The largest absolute Gasteiger partial charge is 0.313 e. The van der Waals surface area contributed by atoms with Gasteiger partial charge in [0.15, 0.2) is 0 Å². The average Bonchev–Trinajstić information content (AvgIpc) is 2.63. The van der Waals surface area contributed by atoms with E-state index < -0.39 is 0 Å². The first-order valence-corrected chi connectivity index (χ1v) is 6.70. The van der Waals surface area contributed by atoms with E-state index in [1.54, 1.807) is 0 Å². The van der Waals surface area contributed by atoms with Gasteiger partial charge in [-0.1, -0.05) is 48.5 Å². The van der Waals surface area contributed by atoms with Crippen LogP contribution in [-0.4, -0.2) is 6.54 Å². The molecule has 18 heavy (non-hydrogen) atoms. The van der Waals surface area contributed by atoms with E-state index in [1.807, 2.05) is 0 Å². The van der Waals surface area contributed by atoms with Crippen molar-refractivity contribution in [2.45, 2.75) is 25.8 Å². The molecule has 0 saturated heterocycles. The fourth-order valence-corrected chi connectivity index (χ4v) is 3.03. The summed E-state index contributed by atoms with van der Waals surface area (Å²) in [4.78, 5) is 0. The van der Waals surface area contributed by atoms with E-state index in [1.165, 1.54) is 28.7 Å². The first kappa shape index (κ1) is 11.5. The van der Waals surface area contributed by atoms with Crippen LogP contribution in [0.5, 0.6) is 0 Å². The molecule has 0 radical (unpaired) electrons. The molecule has 2 aromatic rings. The predicted octanol–water partition coefficient (Wildman–Crippen LogP) is 3.62. The average molecular weight is 237 g/mol. The van der Waals surface area contributed by atoms with E-state index in [4.69, 9.17) is 0 Å². The van der Waals surface area contributed by atoms with Gasteiger partial charge in [-0.2, -0.15) is 0 Å². The topological polar surface area (TPSA) is 12.0 Å². The van der Waals surface area contributed by atoms with Gasteiger partial charge in [-0.15, -0.1) is 0 Å². The van der Waals surface area contributed by atoms with Crippen molar-refractivity contribution in [3.05, 3.63) is 70.8 Å².